The van der Waals surface area contributed by atoms with E-state index in [4.69, 9.17) is 4.74 Å². The summed E-state index contributed by atoms with van der Waals surface area (Å²) in [4.78, 5) is 12.0. The van der Waals surface area contributed by atoms with Crippen molar-refractivity contribution in [2.45, 2.75) is 6.92 Å². The molecule has 0 spiro atoms. The highest BCUT2D eigenvalue weighted by Crippen LogP contribution is 2.33. The third kappa shape index (κ3) is 1.86. The number of carbonyl (C=O) groups is 1. The zero-order chi connectivity index (χ0) is 14.1. The number of pyridine rings is 1. The van der Waals surface area contributed by atoms with E-state index in [0.717, 1.165) is 11.1 Å². The molecule has 20 heavy (non-hydrogen) atoms. The van der Waals surface area contributed by atoms with Crippen LogP contribution in [0.15, 0.2) is 48.7 Å². The largest absolute Gasteiger partial charge is 0.496 e. The number of hydrogen-bond acceptors (Lipinski definition) is 3. The number of rotatable bonds is 3. The topological polar surface area (TPSA) is 43.6 Å². The van der Waals surface area contributed by atoms with Crippen molar-refractivity contribution in [3.8, 4) is 17.0 Å². The Morgan fingerprint density at radius 2 is 1.90 bits per heavy atom. The molecule has 0 saturated carbocycles. The summed E-state index contributed by atoms with van der Waals surface area (Å²) >= 11 is 0. The smallest absolute Gasteiger partial charge is 0.164 e. The van der Waals surface area contributed by atoms with E-state index < -0.39 is 0 Å². The fourth-order valence-electron chi connectivity index (χ4n) is 2.37. The Bertz CT molecular complexity index is 790. The fourth-order valence-corrected chi connectivity index (χ4v) is 2.37. The van der Waals surface area contributed by atoms with Gasteiger partial charge in [-0.3, -0.25) is 4.79 Å². The van der Waals surface area contributed by atoms with Crippen LogP contribution in [0, 0.1) is 0 Å². The van der Waals surface area contributed by atoms with E-state index in [1.807, 2.05) is 48.7 Å². The third-order valence-electron chi connectivity index (χ3n) is 3.25. The Hall–Kier alpha value is -2.62. The number of ether oxygens (including phenoxy) is 1. The van der Waals surface area contributed by atoms with Crippen LogP contribution in [-0.2, 0) is 0 Å². The minimum Gasteiger partial charge on any atom is -0.496 e. The molecule has 100 valence electrons. The highest BCUT2D eigenvalue weighted by Gasteiger charge is 2.19. The molecule has 0 bridgehead atoms. The van der Waals surface area contributed by atoms with Crippen LogP contribution in [0.2, 0.25) is 0 Å². The van der Waals surface area contributed by atoms with Gasteiger partial charge in [0.05, 0.1) is 18.2 Å². The molecule has 0 aliphatic carbocycles. The quantitative estimate of drug-likeness (QED) is 0.684. The molecule has 4 heteroatoms. The SMILES string of the molecule is COc1ccccc1-c1nn2ccccc2c1C(C)=O. The summed E-state index contributed by atoms with van der Waals surface area (Å²) in [5.41, 5.74) is 2.90. The highest BCUT2D eigenvalue weighted by molar-refractivity contribution is 6.06. The summed E-state index contributed by atoms with van der Waals surface area (Å²) in [7, 11) is 1.61. The first-order chi connectivity index (χ1) is 9.72. The van der Waals surface area contributed by atoms with Crippen molar-refractivity contribution in [2.75, 3.05) is 7.11 Å². The normalized spacial score (nSPS) is 10.7. The summed E-state index contributed by atoms with van der Waals surface area (Å²) in [6.07, 6.45) is 1.83. The average Bonchev–Trinajstić information content (AvgIpc) is 2.86. The Labute approximate surface area is 116 Å². The van der Waals surface area contributed by atoms with Gasteiger partial charge in [-0.15, -0.1) is 0 Å². The van der Waals surface area contributed by atoms with E-state index in [-0.39, 0.29) is 5.78 Å². The van der Waals surface area contributed by atoms with Gasteiger partial charge in [-0.05, 0) is 31.2 Å². The van der Waals surface area contributed by atoms with E-state index in [9.17, 15) is 4.79 Å². The lowest BCUT2D eigenvalue weighted by molar-refractivity contribution is 0.102. The first-order valence-corrected chi connectivity index (χ1v) is 6.34. The van der Waals surface area contributed by atoms with Crippen molar-refractivity contribution in [1.82, 2.24) is 9.61 Å². The number of nitrogens with zero attached hydrogens (tertiary/aromatic N) is 2. The van der Waals surface area contributed by atoms with Crippen LogP contribution in [0.3, 0.4) is 0 Å². The van der Waals surface area contributed by atoms with Gasteiger partial charge in [-0.1, -0.05) is 18.2 Å². The molecule has 3 aromatic rings. The molecule has 2 heterocycles. The first-order valence-electron chi connectivity index (χ1n) is 6.34. The second-order valence-corrected chi connectivity index (χ2v) is 4.51. The standard InChI is InChI=1S/C16H14N2O2/c1-11(19)15-13-8-5-6-10-18(13)17-16(15)12-7-3-4-9-14(12)20-2/h3-10H,1-2H3. The van der Waals surface area contributed by atoms with Crippen LogP contribution in [-0.4, -0.2) is 22.5 Å². The lowest BCUT2D eigenvalue weighted by Crippen LogP contribution is -1.95. The molecule has 0 aliphatic heterocycles. The summed E-state index contributed by atoms with van der Waals surface area (Å²) in [6.45, 7) is 1.56. The van der Waals surface area contributed by atoms with Gasteiger partial charge in [-0.25, -0.2) is 4.52 Å². The molecule has 4 nitrogen and oxygen atoms in total. The van der Waals surface area contributed by atoms with E-state index >= 15 is 0 Å². The summed E-state index contributed by atoms with van der Waals surface area (Å²) in [5, 5.41) is 4.53. The number of methoxy groups -OCH3 is 1. The maximum Gasteiger partial charge on any atom is 0.164 e. The molecule has 0 radical (unpaired) electrons. The van der Waals surface area contributed by atoms with Gasteiger partial charge in [0.1, 0.15) is 11.4 Å². The molecular formula is C16H14N2O2. The van der Waals surface area contributed by atoms with E-state index in [0.29, 0.717) is 17.0 Å². The zero-order valence-electron chi connectivity index (χ0n) is 11.3. The fraction of sp³-hybridized carbons (Fsp3) is 0.125. The lowest BCUT2D eigenvalue weighted by atomic mass is 10.0. The van der Waals surface area contributed by atoms with Gasteiger partial charge in [0.15, 0.2) is 5.78 Å². The van der Waals surface area contributed by atoms with Gasteiger partial charge in [-0.2, -0.15) is 5.10 Å². The molecule has 0 unspecified atom stereocenters. The van der Waals surface area contributed by atoms with Gasteiger partial charge in [0.25, 0.3) is 0 Å². The Balaban J connectivity index is 2.36. The molecule has 0 fully saturated rings. The number of Topliss-reactive ketones (excluding diaryl/α,β-unsaturated/α-hetero) is 1. The van der Waals surface area contributed by atoms with Crippen LogP contribution >= 0.6 is 0 Å². The second-order valence-electron chi connectivity index (χ2n) is 4.51. The number of ketones is 1. The van der Waals surface area contributed by atoms with Crippen molar-refractivity contribution in [1.29, 1.82) is 0 Å². The molecular weight excluding hydrogens is 252 g/mol. The summed E-state index contributed by atoms with van der Waals surface area (Å²) in [5.74, 6) is 0.700. The number of para-hydroxylation sites is 1. The number of carbonyl (C=O) groups excluding carboxylic acids is 1. The van der Waals surface area contributed by atoms with Gasteiger partial charge in [0, 0.05) is 11.8 Å². The van der Waals surface area contributed by atoms with E-state index in [1.165, 1.54) is 0 Å². The number of fused-ring (bicyclic) bond motifs is 1. The number of aromatic nitrogens is 2. The molecule has 3 rings (SSSR count). The highest BCUT2D eigenvalue weighted by atomic mass is 16.5. The maximum absolute atomic E-state index is 12.0. The van der Waals surface area contributed by atoms with Crippen molar-refractivity contribution < 1.29 is 9.53 Å². The number of benzene rings is 1. The number of hydrogen-bond donors (Lipinski definition) is 0. The van der Waals surface area contributed by atoms with Crippen molar-refractivity contribution in [2.24, 2.45) is 0 Å². The molecule has 0 amide bonds. The van der Waals surface area contributed by atoms with Gasteiger partial charge >= 0.3 is 0 Å². The Kier molecular flexibility index (Phi) is 2.99. The van der Waals surface area contributed by atoms with Crippen LogP contribution in [0.25, 0.3) is 16.8 Å². The van der Waals surface area contributed by atoms with E-state index in [2.05, 4.69) is 5.10 Å². The third-order valence-corrected chi connectivity index (χ3v) is 3.25. The maximum atomic E-state index is 12.0. The van der Waals surface area contributed by atoms with Gasteiger partial charge < -0.3 is 4.74 Å². The van der Waals surface area contributed by atoms with Crippen LogP contribution in [0.5, 0.6) is 5.75 Å². The Morgan fingerprint density at radius 1 is 1.15 bits per heavy atom. The molecule has 0 N–H and O–H groups in total. The van der Waals surface area contributed by atoms with Crippen LogP contribution < -0.4 is 4.74 Å². The molecule has 2 aromatic heterocycles. The molecule has 1 aromatic carbocycles. The summed E-state index contributed by atoms with van der Waals surface area (Å²) < 4.78 is 7.09. The lowest BCUT2D eigenvalue weighted by Gasteiger charge is -2.06. The monoisotopic (exact) mass is 266 g/mol. The second kappa shape index (κ2) is 4.81. The first kappa shape index (κ1) is 12.4. The van der Waals surface area contributed by atoms with Crippen LogP contribution in [0.1, 0.15) is 17.3 Å². The molecule has 0 atom stereocenters. The predicted molar refractivity (Wildman–Crippen MR) is 77.2 cm³/mol. The van der Waals surface area contributed by atoms with Crippen LogP contribution in [0.4, 0.5) is 0 Å². The van der Waals surface area contributed by atoms with Gasteiger partial charge in [0.2, 0.25) is 0 Å². The molecule has 0 aliphatic rings. The Morgan fingerprint density at radius 3 is 2.65 bits per heavy atom. The van der Waals surface area contributed by atoms with Crippen molar-refractivity contribution in [3.63, 3.8) is 0 Å². The zero-order valence-corrected chi connectivity index (χ0v) is 11.3. The average molecular weight is 266 g/mol. The van der Waals surface area contributed by atoms with Crippen molar-refractivity contribution >= 4 is 11.3 Å². The predicted octanol–water partition coefficient (Wildman–Crippen LogP) is 3.21. The van der Waals surface area contributed by atoms with Crippen molar-refractivity contribution in [3.05, 3.63) is 54.2 Å². The summed E-state index contributed by atoms with van der Waals surface area (Å²) in [6, 6.07) is 13.3. The minimum absolute atomic E-state index is 0.00731. The van der Waals surface area contributed by atoms with E-state index in [1.54, 1.807) is 18.5 Å². The minimum atomic E-state index is -0.00731. The molecule has 0 saturated heterocycles.